The first kappa shape index (κ1) is 18.3. The van der Waals surface area contributed by atoms with Gasteiger partial charge in [0.15, 0.2) is 9.84 Å². The lowest BCUT2D eigenvalue weighted by molar-refractivity contribution is 0.415. The summed E-state index contributed by atoms with van der Waals surface area (Å²) in [5, 5.41) is 0. The van der Waals surface area contributed by atoms with Crippen LogP contribution in [-0.4, -0.2) is 24.9 Å². The Kier molecular flexibility index (Phi) is 4.65. The minimum Gasteiger partial charge on any atom is -0.497 e. The third kappa shape index (κ3) is 3.39. The fraction of sp³-hybridized carbons (Fsp3) is 0.136. The molecule has 0 fully saturated rings. The van der Waals surface area contributed by atoms with Gasteiger partial charge in [0.2, 0.25) is 0 Å². The van der Waals surface area contributed by atoms with Crippen molar-refractivity contribution < 1.29 is 13.2 Å². The molecule has 0 spiro atoms. The second kappa shape index (κ2) is 7.13. The summed E-state index contributed by atoms with van der Waals surface area (Å²) in [7, 11) is -1.91. The van der Waals surface area contributed by atoms with Crippen LogP contribution in [0, 0.1) is 6.92 Å². The molecule has 0 unspecified atom stereocenters. The molecule has 0 N–H and O–H groups in total. The number of fused-ring (bicyclic) bond motifs is 1. The van der Waals surface area contributed by atoms with Gasteiger partial charge in [0.05, 0.1) is 29.1 Å². The van der Waals surface area contributed by atoms with Crippen molar-refractivity contribution in [1.29, 1.82) is 0 Å². The molecule has 0 amide bonds. The highest BCUT2D eigenvalue weighted by atomic mass is 32.2. The van der Waals surface area contributed by atoms with Crippen LogP contribution in [0.1, 0.15) is 11.3 Å². The minimum atomic E-state index is -3.52. The number of hydrogen-bond acceptors (Lipinski definition) is 4. The molecular weight excluding hydrogens is 372 g/mol. The second-order valence-electron chi connectivity index (χ2n) is 6.64. The summed E-state index contributed by atoms with van der Waals surface area (Å²) >= 11 is 0. The number of pyridine rings is 1. The fourth-order valence-electron chi connectivity index (χ4n) is 3.17. The van der Waals surface area contributed by atoms with Crippen LogP contribution in [0.4, 0.5) is 0 Å². The van der Waals surface area contributed by atoms with E-state index in [0.717, 1.165) is 16.9 Å². The van der Waals surface area contributed by atoms with E-state index in [1.165, 1.54) is 0 Å². The molecule has 0 radical (unpaired) electrons. The molecule has 0 aliphatic heterocycles. The van der Waals surface area contributed by atoms with Crippen LogP contribution >= 0.6 is 0 Å². The summed E-state index contributed by atoms with van der Waals surface area (Å²) in [6.45, 7) is 1.93. The number of benzene rings is 2. The van der Waals surface area contributed by atoms with Crippen LogP contribution in [0.3, 0.4) is 0 Å². The highest BCUT2D eigenvalue weighted by Gasteiger charge is 2.22. The van der Waals surface area contributed by atoms with Crippen LogP contribution in [0.15, 0.2) is 77.8 Å². The summed E-state index contributed by atoms with van der Waals surface area (Å²) in [4.78, 5) is 5.00. The van der Waals surface area contributed by atoms with Crippen molar-refractivity contribution in [2.45, 2.75) is 17.6 Å². The van der Waals surface area contributed by atoms with Gasteiger partial charge >= 0.3 is 0 Å². The van der Waals surface area contributed by atoms with Crippen LogP contribution in [0.5, 0.6) is 5.75 Å². The van der Waals surface area contributed by atoms with E-state index in [0.29, 0.717) is 21.9 Å². The van der Waals surface area contributed by atoms with Gasteiger partial charge in [0.1, 0.15) is 11.4 Å². The molecule has 4 aromatic rings. The Bertz CT molecular complexity index is 1230. The lowest BCUT2D eigenvalue weighted by atomic mass is 10.1. The van der Waals surface area contributed by atoms with Gasteiger partial charge in [-0.3, -0.25) is 0 Å². The maximum atomic E-state index is 13.1. The number of rotatable bonds is 5. The second-order valence-corrected chi connectivity index (χ2v) is 8.63. The predicted octanol–water partition coefficient (Wildman–Crippen LogP) is 4.29. The predicted molar refractivity (Wildman–Crippen MR) is 109 cm³/mol. The number of ether oxygens (including phenoxy) is 1. The molecule has 0 aliphatic rings. The van der Waals surface area contributed by atoms with Crippen molar-refractivity contribution in [2.24, 2.45) is 0 Å². The number of methoxy groups -OCH3 is 1. The third-order valence-electron chi connectivity index (χ3n) is 4.70. The largest absolute Gasteiger partial charge is 0.497 e. The van der Waals surface area contributed by atoms with Gasteiger partial charge in [-0.1, -0.05) is 23.8 Å². The van der Waals surface area contributed by atoms with E-state index in [2.05, 4.69) is 4.98 Å². The summed E-state index contributed by atoms with van der Waals surface area (Å²) in [5.41, 5.74) is 3.87. The zero-order valence-electron chi connectivity index (χ0n) is 15.7. The lowest BCUT2D eigenvalue weighted by Crippen LogP contribution is -2.08. The zero-order chi connectivity index (χ0) is 19.7. The number of sulfone groups is 1. The number of aromatic nitrogens is 2. The first-order chi connectivity index (χ1) is 13.5. The summed E-state index contributed by atoms with van der Waals surface area (Å²) in [6.07, 6.45) is 1.84. The van der Waals surface area contributed by atoms with E-state index in [-0.39, 0.29) is 5.75 Å². The normalized spacial score (nSPS) is 11.6. The van der Waals surface area contributed by atoms with Gasteiger partial charge < -0.3 is 9.14 Å². The number of hydrogen-bond donors (Lipinski definition) is 0. The Balaban J connectivity index is 1.84. The molecule has 0 saturated carbocycles. The molecule has 0 aliphatic carbocycles. The van der Waals surface area contributed by atoms with Gasteiger partial charge in [0, 0.05) is 11.8 Å². The van der Waals surface area contributed by atoms with Gasteiger partial charge in [-0.25, -0.2) is 13.4 Å². The first-order valence-electron chi connectivity index (χ1n) is 8.88. The minimum absolute atomic E-state index is 0.136. The van der Waals surface area contributed by atoms with Crippen molar-refractivity contribution in [1.82, 2.24) is 9.38 Å². The topological polar surface area (TPSA) is 60.7 Å². The van der Waals surface area contributed by atoms with E-state index in [9.17, 15) is 8.42 Å². The van der Waals surface area contributed by atoms with Crippen LogP contribution in [0.2, 0.25) is 0 Å². The van der Waals surface area contributed by atoms with Crippen molar-refractivity contribution in [2.75, 3.05) is 7.11 Å². The fourth-order valence-corrected chi connectivity index (χ4v) is 4.53. The molecule has 142 valence electrons. The molecule has 28 heavy (non-hydrogen) atoms. The first-order valence-corrected chi connectivity index (χ1v) is 10.5. The molecule has 2 aromatic carbocycles. The molecule has 5 nitrogen and oxygen atoms in total. The Morgan fingerprint density at radius 3 is 2.36 bits per heavy atom. The molecule has 0 bridgehead atoms. The third-order valence-corrected chi connectivity index (χ3v) is 6.34. The molecule has 6 heteroatoms. The van der Waals surface area contributed by atoms with Crippen molar-refractivity contribution in [3.63, 3.8) is 0 Å². The standard InChI is InChI=1S/C22H20N2O3S/c1-16-6-12-19(13-7-16)28(25,26)15-20-22(17-8-10-18(27-2)11-9-17)23-21-5-3-4-14-24(20)21/h3-14H,15H2,1-2H3. The highest BCUT2D eigenvalue weighted by Crippen LogP contribution is 2.29. The van der Waals surface area contributed by atoms with Gasteiger partial charge in [-0.05, 0) is 55.5 Å². The SMILES string of the molecule is COc1ccc(-c2nc3ccccn3c2CS(=O)(=O)c2ccc(C)cc2)cc1. The van der Waals surface area contributed by atoms with Gasteiger partial charge in [-0.15, -0.1) is 0 Å². The molecular formula is C22H20N2O3S. The van der Waals surface area contributed by atoms with E-state index in [1.54, 1.807) is 19.2 Å². The summed E-state index contributed by atoms with van der Waals surface area (Å²) in [5.74, 6) is 0.601. The van der Waals surface area contributed by atoms with Crippen LogP contribution < -0.4 is 4.74 Å². The quantitative estimate of drug-likeness (QED) is 0.508. The van der Waals surface area contributed by atoms with Crippen molar-refractivity contribution >= 4 is 15.5 Å². The zero-order valence-corrected chi connectivity index (χ0v) is 16.5. The smallest absolute Gasteiger partial charge is 0.184 e. The van der Waals surface area contributed by atoms with E-state index in [1.807, 2.05) is 72.1 Å². The molecule has 2 aromatic heterocycles. The van der Waals surface area contributed by atoms with Gasteiger partial charge in [-0.2, -0.15) is 0 Å². The Morgan fingerprint density at radius 2 is 1.68 bits per heavy atom. The number of imidazole rings is 1. The molecule has 2 heterocycles. The Labute approximate surface area is 164 Å². The van der Waals surface area contributed by atoms with Gasteiger partial charge in [0.25, 0.3) is 0 Å². The number of aryl methyl sites for hydroxylation is 1. The van der Waals surface area contributed by atoms with E-state index in [4.69, 9.17) is 4.74 Å². The van der Waals surface area contributed by atoms with Crippen LogP contribution in [0.25, 0.3) is 16.9 Å². The molecule has 0 saturated heterocycles. The van der Waals surface area contributed by atoms with Crippen molar-refractivity contribution in [3.8, 4) is 17.0 Å². The molecule has 0 atom stereocenters. The lowest BCUT2D eigenvalue weighted by Gasteiger charge is -2.08. The van der Waals surface area contributed by atoms with Crippen molar-refractivity contribution in [3.05, 3.63) is 84.2 Å². The average molecular weight is 392 g/mol. The Hall–Kier alpha value is -3.12. The molecule has 4 rings (SSSR count). The van der Waals surface area contributed by atoms with E-state index < -0.39 is 9.84 Å². The maximum Gasteiger partial charge on any atom is 0.184 e. The maximum absolute atomic E-state index is 13.1. The van der Waals surface area contributed by atoms with Crippen LogP contribution in [-0.2, 0) is 15.6 Å². The monoisotopic (exact) mass is 392 g/mol. The highest BCUT2D eigenvalue weighted by molar-refractivity contribution is 7.90. The summed E-state index contributed by atoms with van der Waals surface area (Å²) in [6, 6.07) is 20.0. The Morgan fingerprint density at radius 1 is 0.964 bits per heavy atom. The van der Waals surface area contributed by atoms with E-state index >= 15 is 0 Å². The summed E-state index contributed by atoms with van der Waals surface area (Å²) < 4.78 is 33.2. The number of nitrogens with zero attached hydrogens (tertiary/aromatic N) is 2. The average Bonchev–Trinajstić information content (AvgIpc) is 3.06.